The van der Waals surface area contributed by atoms with Crippen molar-refractivity contribution in [3.63, 3.8) is 0 Å². The second kappa shape index (κ2) is 4.72. The van der Waals surface area contributed by atoms with E-state index in [-0.39, 0.29) is 0 Å². The van der Waals surface area contributed by atoms with E-state index in [9.17, 15) is 9.59 Å². The first-order valence-electron chi connectivity index (χ1n) is 5.75. The number of esters is 2. The zero-order valence-electron chi connectivity index (χ0n) is 10.9. The molecule has 0 radical (unpaired) electrons. The van der Waals surface area contributed by atoms with Gasteiger partial charge in [-0.1, -0.05) is 18.2 Å². The summed E-state index contributed by atoms with van der Waals surface area (Å²) < 4.78 is 9.85. The Labute approximate surface area is 110 Å². The van der Waals surface area contributed by atoms with E-state index >= 15 is 0 Å². The molecule has 1 aliphatic heterocycles. The number of anilines is 1. The van der Waals surface area contributed by atoms with Crippen molar-refractivity contribution in [3.05, 3.63) is 29.8 Å². The molecule has 0 unspecified atom stereocenters. The molecule has 0 spiro atoms. The SMILES string of the molecule is Cc1ccccc1NN=C1C(=O)OC(C)(C)OC1=O. The molecule has 1 aromatic rings. The molecule has 0 saturated carbocycles. The fourth-order valence-electron chi connectivity index (χ4n) is 1.55. The predicted octanol–water partition coefficient (Wildman–Crippen LogP) is 1.60. The highest BCUT2D eigenvalue weighted by molar-refractivity contribution is 6.63. The number of aryl methyl sites for hydroxylation is 1. The number of ether oxygens (including phenoxy) is 2. The molecule has 0 bridgehead atoms. The Bertz CT molecular complexity index is 542. The molecular formula is C13H14N2O4. The van der Waals surface area contributed by atoms with Crippen LogP contribution in [0.15, 0.2) is 29.4 Å². The molecular weight excluding hydrogens is 248 g/mol. The summed E-state index contributed by atoms with van der Waals surface area (Å²) in [6, 6.07) is 7.35. The first-order valence-corrected chi connectivity index (χ1v) is 5.75. The van der Waals surface area contributed by atoms with Gasteiger partial charge in [0.2, 0.25) is 0 Å². The van der Waals surface area contributed by atoms with Crippen molar-refractivity contribution in [2.75, 3.05) is 5.43 Å². The summed E-state index contributed by atoms with van der Waals surface area (Å²) in [5.41, 5.74) is 3.89. The van der Waals surface area contributed by atoms with Gasteiger partial charge in [0.1, 0.15) is 0 Å². The highest BCUT2D eigenvalue weighted by atomic mass is 16.7. The van der Waals surface area contributed by atoms with Gasteiger partial charge in [-0.2, -0.15) is 5.10 Å². The van der Waals surface area contributed by atoms with E-state index in [4.69, 9.17) is 9.47 Å². The highest BCUT2D eigenvalue weighted by Gasteiger charge is 2.40. The van der Waals surface area contributed by atoms with E-state index in [1.165, 1.54) is 13.8 Å². The van der Waals surface area contributed by atoms with Crippen LogP contribution < -0.4 is 5.43 Å². The van der Waals surface area contributed by atoms with Crippen LogP contribution in [0.25, 0.3) is 0 Å². The second-order valence-corrected chi connectivity index (χ2v) is 4.57. The van der Waals surface area contributed by atoms with Crippen molar-refractivity contribution in [1.29, 1.82) is 0 Å². The number of hydrogen-bond donors (Lipinski definition) is 1. The van der Waals surface area contributed by atoms with Crippen LogP contribution in [0.2, 0.25) is 0 Å². The van der Waals surface area contributed by atoms with Gasteiger partial charge in [-0.25, -0.2) is 9.59 Å². The number of nitrogens with one attached hydrogen (secondary N) is 1. The van der Waals surface area contributed by atoms with Crippen molar-refractivity contribution >= 4 is 23.3 Å². The van der Waals surface area contributed by atoms with E-state index < -0.39 is 23.4 Å². The number of benzene rings is 1. The van der Waals surface area contributed by atoms with Crippen LogP contribution in [0.3, 0.4) is 0 Å². The fraction of sp³-hybridized carbons (Fsp3) is 0.308. The maximum atomic E-state index is 11.6. The summed E-state index contributed by atoms with van der Waals surface area (Å²) in [5, 5.41) is 3.76. The van der Waals surface area contributed by atoms with Gasteiger partial charge in [-0.3, -0.25) is 5.43 Å². The molecule has 1 N–H and O–H groups in total. The topological polar surface area (TPSA) is 77.0 Å². The molecule has 0 aliphatic carbocycles. The second-order valence-electron chi connectivity index (χ2n) is 4.57. The summed E-state index contributed by atoms with van der Waals surface area (Å²) in [7, 11) is 0. The van der Waals surface area contributed by atoms with Crippen molar-refractivity contribution in [2.24, 2.45) is 5.10 Å². The van der Waals surface area contributed by atoms with Crippen molar-refractivity contribution in [2.45, 2.75) is 26.6 Å². The summed E-state index contributed by atoms with van der Waals surface area (Å²) >= 11 is 0. The van der Waals surface area contributed by atoms with Gasteiger partial charge in [0.05, 0.1) is 5.69 Å². The molecule has 1 heterocycles. The number of hydrogen-bond acceptors (Lipinski definition) is 6. The maximum absolute atomic E-state index is 11.6. The first kappa shape index (κ1) is 13.1. The van der Waals surface area contributed by atoms with Gasteiger partial charge in [-0.15, -0.1) is 0 Å². The van der Waals surface area contributed by atoms with Crippen LogP contribution in [0, 0.1) is 6.92 Å². The average molecular weight is 262 g/mol. The Balaban J connectivity index is 2.18. The van der Waals surface area contributed by atoms with Crippen LogP contribution in [0.4, 0.5) is 5.69 Å². The Morgan fingerprint density at radius 1 is 1.11 bits per heavy atom. The predicted molar refractivity (Wildman–Crippen MR) is 68.5 cm³/mol. The van der Waals surface area contributed by atoms with Crippen LogP contribution in [0.5, 0.6) is 0 Å². The minimum absolute atomic E-state index is 0.400. The molecule has 19 heavy (non-hydrogen) atoms. The Morgan fingerprint density at radius 3 is 2.26 bits per heavy atom. The van der Waals surface area contributed by atoms with Crippen LogP contribution in [-0.2, 0) is 19.1 Å². The van der Waals surface area contributed by atoms with E-state index in [1.807, 2.05) is 25.1 Å². The lowest BCUT2D eigenvalue weighted by Crippen LogP contribution is -2.47. The van der Waals surface area contributed by atoms with Crippen LogP contribution in [-0.4, -0.2) is 23.4 Å². The van der Waals surface area contributed by atoms with Gasteiger partial charge in [0.15, 0.2) is 0 Å². The lowest BCUT2D eigenvalue weighted by atomic mass is 10.2. The minimum Gasteiger partial charge on any atom is -0.418 e. The number of hydrazone groups is 1. The van der Waals surface area contributed by atoms with E-state index in [0.29, 0.717) is 5.69 Å². The molecule has 1 aliphatic rings. The minimum atomic E-state index is -1.25. The van der Waals surface area contributed by atoms with Gasteiger partial charge >= 0.3 is 11.9 Å². The van der Waals surface area contributed by atoms with E-state index in [2.05, 4.69) is 10.5 Å². The molecule has 1 fully saturated rings. The number of carbonyl (C=O) groups is 2. The molecule has 100 valence electrons. The molecule has 6 heteroatoms. The normalized spacial score (nSPS) is 17.5. The van der Waals surface area contributed by atoms with Crippen molar-refractivity contribution in [3.8, 4) is 0 Å². The number of cyclic esters (lactones) is 2. The van der Waals surface area contributed by atoms with Crippen molar-refractivity contribution in [1.82, 2.24) is 0 Å². The Hall–Kier alpha value is -2.37. The smallest absolute Gasteiger partial charge is 0.369 e. The quantitative estimate of drug-likeness (QED) is 0.647. The lowest BCUT2D eigenvalue weighted by molar-refractivity contribution is -0.214. The van der Waals surface area contributed by atoms with Crippen molar-refractivity contribution < 1.29 is 19.1 Å². The van der Waals surface area contributed by atoms with Crippen LogP contribution in [0.1, 0.15) is 19.4 Å². The third-order valence-electron chi connectivity index (χ3n) is 2.50. The number of para-hydroxylation sites is 1. The summed E-state index contributed by atoms with van der Waals surface area (Å²) in [5.74, 6) is -2.86. The zero-order valence-corrected chi connectivity index (χ0v) is 10.9. The van der Waals surface area contributed by atoms with Gasteiger partial charge < -0.3 is 9.47 Å². The summed E-state index contributed by atoms with van der Waals surface area (Å²) in [4.78, 5) is 23.3. The molecule has 0 aromatic heterocycles. The molecule has 2 rings (SSSR count). The molecule has 6 nitrogen and oxygen atoms in total. The summed E-state index contributed by atoms with van der Waals surface area (Å²) in [6.45, 7) is 4.84. The molecule has 0 amide bonds. The molecule has 0 atom stereocenters. The Morgan fingerprint density at radius 2 is 1.68 bits per heavy atom. The van der Waals surface area contributed by atoms with E-state index in [0.717, 1.165) is 5.56 Å². The monoisotopic (exact) mass is 262 g/mol. The molecule has 1 aromatic carbocycles. The zero-order chi connectivity index (χ0) is 14.0. The number of nitrogens with zero attached hydrogens (tertiary/aromatic N) is 1. The third-order valence-corrected chi connectivity index (χ3v) is 2.50. The van der Waals surface area contributed by atoms with Gasteiger partial charge in [-0.05, 0) is 18.6 Å². The van der Waals surface area contributed by atoms with Crippen LogP contribution >= 0.6 is 0 Å². The third kappa shape index (κ3) is 2.90. The number of carbonyl (C=O) groups excluding carboxylic acids is 2. The lowest BCUT2D eigenvalue weighted by Gasteiger charge is -2.28. The van der Waals surface area contributed by atoms with Gasteiger partial charge in [0, 0.05) is 13.8 Å². The van der Waals surface area contributed by atoms with Gasteiger partial charge in [0.25, 0.3) is 11.5 Å². The average Bonchev–Trinajstić information content (AvgIpc) is 2.28. The maximum Gasteiger partial charge on any atom is 0.369 e. The largest absolute Gasteiger partial charge is 0.418 e. The first-order chi connectivity index (χ1) is 8.89. The number of rotatable bonds is 2. The standard InChI is InChI=1S/C13H14N2O4/c1-8-6-4-5-7-9(8)14-15-10-11(16)18-13(2,3)19-12(10)17/h4-7,14H,1-3H3. The fourth-order valence-corrected chi connectivity index (χ4v) is 1.55. The molecule has 1 saturated heterocycles. The highest BCUT2D eigenvalue weighted by Crippen LogP contribution is 2.18. The summed E-state index contributed by atoms with van der Waals surface area (Å²) in [6.07, 6.45) is 0. The van der Waals surface area contributed by atoms with E-state index in [1.54, 1.807) is 6.07 Å². The Kier molecular flexibility index (Phi) is 3.25.